The number of carboxylic acids is 1. The molecule has 3 N–H and O–H groups in total. The first kappa shape index (κ1) is 11.7. The van der Waals surface area contributed by atoms with Gasteiger partial charge in [0.2, 0.25) is 0 Å². The van der Waals surface area contributed by atoms with E-state index in [-0.39, 0.29) is 0 Å². The predicted octanol–water partition coefficient (Wildman–Crippen LogP) is 0.905. The van der Waals surface area contributed by atoms with Gasteiger partial charge in [0.15, 0.2) is 0 Å². The summed E-state index contributed by atoms with van der Waals surface area (Å²) in [6.07, 6.45) is 0.586. The Balaban J connectivity index is 3.31. The van der Waals surface area contributed by atoms with Gasteiger partial charge in [-0.2, -0.15) is 0 Å². The molecule has 0 aromatic carbocycles. The zero-order chi connectivity index (χ0) is 9.56. The molecule has 0 saturated carbocycles. The molecule has 4 heteroatoms. The number of rotatable bonds is 6. The Morgan fingerprint density at radius 3 is 2.75 bits per heavy atom. The zero-order valence-electron chi connectivity index (χ0n) is 7.25. The van der Waals surface area contributed by atoms with Gasteiger partial charge in [0.1, 0.15) is 0 Å². The molecule has 12 heavy (non-hydrogen) atoms. The molecule has 0 aliphatic carbocycles. The molecule has 0 spiro atoms. The summed E-state index contributed by atoms with van der Waals surface area (Å²) < 4.78 is 0. The summed E-state index contributed by atoms with van der Waals surface area (Å²) in [7, 11) is 0. The average molecular weight is 236 g/mol. The van der Waals surface area contributed by atoms with Gasteiger partial charge in [-0.3, -0.25) is 0 Å². The normalized spacial score (nSPS) is 12.5. The minimum absolute atomic E-state index is 0.471. The summed E-state index contributed by atoms with van der Waals surface area (Å²) >= 11 is 0.471. The van der Waals surface area contributed by atoms with Crippen LogP contribution in [-0.4, -0.2) is 32.1 Å². The molecule has 70 valence electrons. The number of aliphatic carboxylic acids is 1. The number of carbonyl (C=O) groups is 1. The molecule has 0 fully saturated rings. The summed E-state index contributed by atoms with van der Waals surface area (Å²) in [5.41, 5.74) is 6.49. The van der Waals surface area contributed by atoms with Crippen LogP contribution in [0.4, 0.5) is 0 Å². The van der Waals surface area contributed by atoms with Crippen LogP contribution in [0.5, 0.6) is 0 Å². The van der Waals surface area contributed by atoms with E-state index in [4.69, 9.17) is 10.8 Å². The molecule has 0 bridgehead atoms. The Labute approximate surface area is 79.2 Å². The van der Waals surface area contributed by atoms with E-state index in [0.717, 1.165) is 10.6 Å². The van der Waals surface area contributed by atoms with Crippen molar-refractivity contribution in [1.29, 1.82) is 0 Å². The van der Waals surface area contributed by atoms with Crippen LogP contribution < -0.4 is 5.73 Å². The van der Waals surface area contributed by atoms with E-state index in [1.165, 1.54) is 5.57 Å². The van der Waals surface area contributed by atoms with Crippen molar-refractivity contribution in [3.8, 4) is 0 Å². The summed E-state index contributed by atoms with van der Waals surface area (Å²) in [5.74, 6) is -0.902. The Bertz CT molecular complexity index is 170. The molecule has 1 atom stereocenters. The van der Waals surface area contributed by atoms with Gasteiger partial charge in [-0.05, 0) is 0 Å². The number of allylic oxidation sites excluding steroid dienone is 1. The second-order valence-electron chi connectivity index (χ2n) is 2.74. The Hall–Kier alpha value is -0.311. The van der Waals surface area contributed by atoms with Crippen molar-refractivity contribution >= 4 is 20.9 Å². The molecule has 0 rings (SSSR count). The minimum atomic E-state index is -0.902. The van der Waals surface area contributed by atoms with Crippen molar-refractivity contribution in [2.24, 2.45) is 5.73 Å². The molecule has 1 unspecified atom stereocenters. The van der Waals surface area contributed by atoms with Crippen LogP contribution in [0.2, 0.25) is 10.6 Å². The SMILES string of the molecule is C=C(C)C[Se]CCC(N)C(=O)O. The first-order valence-electron chi connectivity index (χ1n) is 3.74. The van der Waals surface area contributed by atoms with Crippen molar-refractivity contribution in [2.45, 2.75) is 30.0 Å². The van der Waals surface area contributed by atoms with E-state index in [0.29, 0.717) is 21.4 Å². The number of hydrogen-bond acceptors (Lipinski definition) is 2. The van der Waals surface area contributed by atoms with Crippen LogP contribution >= 0.6 is 0 Å². The van der Waals surface area contributed by atoms with Gasteiger partial charge >= 0.3 is 78.7 Å². The van der Waals surface area contributed by atoms with Gasteiger partial charge in [-0.1, -0.05) is 0 Å². The molecule has 0 aromatic rings. The van der Waals surface area contributed by atoms with Gasteiger partial charge in [-0.25, -0.2) is 0 Å². The molecule has 0 heterocycles. The van der Waals surface area contributed by atoms with Crippen molar-refractivity contribution in [3.63, 3.8) is 0 Å². The average Bonchev–Trinajstić information content (AvgIpc) is 1.97. The second-order valence-corrected chi connectivity index (χ2v) is 5.06. The number of hydrogen-bond donors (Lipinski definition) is 2. The molecule has 3 nitrogen and oxygen atoms in total. The molecule has 0 aliphatic heterocycles. The fourth-order valence-corrected chi connectivity index (χ4v) is 2.50. The van der Waals surface area contributed by atoms with Crippen molar-refractivity contribution in [2.75, 3.05) is 0 Å². The van der Waals surface area contributed by atoms with Gasteiger partial charge in [0, 0.05) is 0 Å². The molecule has 0 aromatic heterocycles. The van der Waals surface area contributed by atoms with Crippen LogP contribution in [0.15, 0.2) is 12.2 Å². The fourth-order valence-electron chi connectivity index (χ4n) is 0.580. The van der Waals surface area contributed by atoms with E-state index >= 15 is 0 Å². The van der Waals surface area contributed by atoms with Crippen LogP contribution in [-0.2, 0) is 4.79 Å². The predicted molar refractivity (Wildman–Crippen MR) is 50.4 cm³/mol. The third-order valence-electron chi connectivity index (χ3n) is 1.24. The van der Waals surface area contributed by atoms with Crippen LogP contribution in [0, 0.1) is 0 Å². The maximum absolute atomic E-state index is 10.3. The van der Waals surface area contributed by atoms with Crippen molar-refractivity contribution < 1.29 is 9.90 Å². The van der Waals surface area contributed by atoms with E-state index in [9.17, 15) is 4.79 Å². The van der Waals surface area contributed by atoms with Crippen LogP contribution in [0.3, 0.4) is 0 Å². The second kappa shape index (κ2) is 6.23. The number of carboxylic acid groups (broad SMARTS) is 1. The standard InChI is InChI=1S/C8H15NO2Se/c1-6(2)5-12-4-3-7(9)8(10)11/h7H,1,3-5,9H2,2H3,(H,10,11). The van der Waals surface area contributed by atoms with Crippen molar-refractivity contribution in [3.05, 3.63) is 12.2 Å². The summed E-state index contributed by atoms with van der Waals surface area (Å²) in [6, 6.07) is -0.683. The Morgan fingerprint density at radius 2 is 2.33 bits per heavy atom. The number of nitrogens with two attached hydrogens (primary N) is 1. The fraction of sp³-hybridized carbons (Fsp3) is 0.625. The third-order valence-corrected chi connectivity index (χ3v) is 3.80. The van der Waals surface area contributed by atoms with Crippen LogP contribution in [0.1, 0.15) is 13.3 Å². The maximum atomic E-state index is 10.3. The monoisotopic (exact) mass is 237 g/mol. The zero-order valence-corrected chi connectivity index (χ0v) is 8.96. The van der Waals surface area contributed by atoms with E-state index in [1.807, 2.05) is 6.92 Å². The molecule has 0 saturated heterocycles. The topological polar surface area (TPSA) is 63.3 Å². The van der Waals surface area contributed by atoms with E-state index in [2.05, 4.69) is 6.58 Å². The molecule has 0 radical (unpaired) electrons. The van der Waals surface area contributed by atoms with Crippen LogP contribution in [0.25, 0.3) is 0 Å². The van der Waals surface area contributed by atoms with Gasteiger partial charge in [0.05, 0.1) is 0 Å². The molecular formula is C8H15NO2Se. The Morgan fingerprint density at radius 1 is 1.75 bits per heavy atom. The molecule has 0 amide bonds. The van der Waals surface area contributed by atoms with E-state index in [1.54, 1.807) is 0 Å². The molecule has 0 aliphatic rings. The van der Waals surface area contributed by atoms with Crippen molar-refractivity contribution in [1.82, 2.24) is 0 Å². The summed E-state index contributed by atoms with van der Waals surface area (Å²) in [5, 5.41) is 10.4. The molecular weight excluding hydrogens is 221 g/mol. The van der Waals surface area contributed by atoms with Gasteiger partial charge in [-0.15, -0.1) is 0 Å². The van der Waals surface area contributed by atoms with E-state index < -0.39 is 12.0 Å². The van der Waals surface area contributed by atoms with Gasteiger partial charge < -0.3 is 0 Å². The van der Waals surface area contributed by atoms with Gasteiger partial charge in [0.25, 0.3) is 0 Å². The summed E-state index contributed by atoms with van der Waals surface area (Å²) in [4.78, 5) is 10.3. The third kappa shape index (κ3) is 6.40. The Kier molecular flexibility index (Phi) is 6.07. The first-order chi connectivity index (χ1) is 5.54. The summed E-state index contributed by atoms with van der Waals surface area (Å²) in [6.45, 7) is 5.76. The first-order valence-corrected chi connectivity index (χ1v) is 6.17. The quantitative estimate of drug-likeness (QED) is 0.409.